The lowest BCUT2D eigenvalue weighted by molar-refractivity contribution is -0.384. The van der Waals surface area contributed by atoms with Gasteiger partial charge >= 0.3 is 5.97 Å². The molecule has 0 amide bonds. The highest BCUT2D eigenvalue weighted by Crippen LogP contribution is 2.24. The van der Waals surface area contributed by atoms with E-state index in [0.29, 0.717) is 12.0 Å². The van der Waals surface area contributed by atoms with Crippen molar-refractivity contribution in [1.82, 2.24) is 10.2 Å². The minimum absolute atomic E-state index is 0.0277. The molecule has 8 nitrogen and oxygen atoms in total. The van der Waals surface area contributed by atoms with Gasteiger partial charge in [0, 0.05) is 24.1 Å². The summed E-state index contributed by atoms with van der Waals surface area (Å²) in [6, 6.07) is 13.9. The van der Waals surface area contributed by atoms with E-state index in [4.69, 9.17) is 9.15 Å². The van der Waals surface area contributed by atoms with Crippen LogP contribution in [-0.4, -0.2) is 21.1 Å². The first kappa shape index (κ1) is 20.2. The third-order valence-electron chi connectivity index (χ3n) is 4.47. The van der Waals surface area contributed by atoms with Crippen LogP contribution in [0, 0.1) is 10.1 Å². The van der Waals surface area contributed by atoms with Gasteiger partial charge in [0.2, 0.25) is 5.89 Å². The van der Waals surface area contributed by atoms with Crippen molar-refractivity contribution in [1.29, 1.82) is 0 Å². The summed E-state index contributed by atoms with van der Waals surface area (Å²) in [5.74, 6) is 0.0139. The van der Waals surface area contributed by atoms with Crippen LogP contribution in [0.4, 0.5) is 5.69 Å². The number of nitrogens with zero attached hydrogens (tertiary/aromatic N) is 3. The lowest BCUT2D eigenvalue weighted by Crippen LogP contribution is -2.10. The van der Waals surface area contributed by atoms with Crippen LogP contribution in [0.15, 0.2) is 52.9 Å². The molecule has 0 radical (unpaired) electrons. The van der Waals surface area contributed by atoms with E-state index in [-0.39, 0.29) is 29.9 Å². The number of ether oxygens (including phenoxy) is 1. The van der Waals surface area contributed by atoms with Crippen molar-refractivity contribution >= 4 is 11.7 Å². The SMILES string of the molecule is CCc1ccc(CCC(=O)O[C@H](C)c2nnc(-c3ccc([N+](=O)[O-])cc3)o2)cc1. The van der Waals surface area contributed by atoms with Crippen molar-refractivity contribution in [2.75, 3.05) is 0 Å². The third-order valence-corrected chi connectivity index (χ3v) is 4.47. The van der Waals surface area contributed by atoms with Gasteiger partial charge in [-0.25, -0.2) is 0 Å². The molecule has 0 fully saturated rings. The van der Waals surface area contributed by atoms with E-state index in [1.165, 1.54) is 29.8 Å². The average molecular weight is 395 g/mol. The Morgan fingerprint density at radius 1 is 1.10 bits per heavy atom. The third kappa shape index (κ3) is 5.25. The molecule has 0 bridgehead atoms. The molecule has 3 aromatic rings. The van der Waals surface area contributed by atoms with E-state index < -0.39 is 11.0 Å². The van der Waals surface area contributed by atoms with E-state index in [0.717, 1.165) is 12.0 Å². The van der Waals surface area contributed by atoms with Crippen LogP contribution in [0.3, 0.4) is 0 Å². The van der Waals surface area contributed by atoms with Crippen LogP contribution in [0.25, 0.3) is 11.5 Å². The summed E-state index contributed by atoms with van der Waals surface area (Å²) in [6.07, 6.45) is 1.13. The Hall–Kier alpha value is -3.55. The molecular weight excluding hydrogens is 374 g/mol. The Kier molecular flexibility index (Phi) is 6.33. The van der Waals surface area contributed by atoms with Crippen molar-refractivity contribution in [3.05, 3.63) is 75.7 Å². The van der Waals surface area contributed by atoms with Crippen molar-refractivity contribution in [2.24, 2.45) is 0 Å². The molecule has 0 aliphatic heterocycles. The zero-order chi connectivity index (χ0) is 20.8. The van der Waals surface area contributed by atoms with Gasteiger partial charge in [-0.2, -0.15) is 0 Å². The van der Waals surface area contributed by atoms with Crippen LogP contribution in [0.5, 0.6) is 0 Å². The monoisotopic (exact) mass is 395 g/mol. The number of nitro groups is 1. The summed E-state index contributed by atoms with van der Waals surface area (Å²) in [7, 11) is 0. The molecule has 0 saturated heterocycles. The molecule has 3 rings (SSSR count). The van der Waals surface area contributed by atoms with Gasteiger partial charge in [-0.15, -0.1) is 10.2 Å². The molecule has 0 saturated carbocycles. The zero-order valence-corrected chi connectivity index (χ0v) is 16.2. The maximum absolute atomic E-state index is 12.1. The Labute approximate surface area is 167 Å². The lowest BCUT2D eigenvalue weighted by Gasteiger charge is -2.09. The highest BCUT2D eigenvalue weighted by Gasteiger charge is 2.19. The predicted octanol–water partition coefficient (Wildman–Crippen LogP) is 4.44. The molecule has 1 aromatic heterocycles. The first-order valence-corrected chi connectivity index (χ1v) is 9.31. The van der Waals surface area contributed by atoms with Crippen LogP contribution in [0.1, 0.15) is 43.4 Å². The minimum atomic E-state index is -0.690. The molecule has 150 valence electrons. The van der Waals surface area contributed by atoms with Crippen LogP contribution in [-0.2, 0) is 22.4 Å². The summed E-state index contributed by atoms with van der Waals surface area (Å²) in [6.45, 7) is 3.75. The molecule has 0 aliphatic carbocycles. The second-order valence-electron chi connectivity index (χ2n) is 6.55. The first-order valence-electron chi connectivity index (χ1n) is 9.31. The van der Waals surface area contributed by atoms with Crippen molar-refractivity contribution < 1.29 is 18.9 Å². The summed E-state index contributed by atoms with van der Waals surface area (Å²) in [5.41, 5.74) is 2.85. The first-order chi connectivity index (χ1) is 14.0. The van der Waals surface area contributed by atoms with Crippen LogP contribution in [0.2, 0.25) is 0 Å². The van der Waals surface area contributed by atoms with Crippen LogP contribution >= 0.6 is 0 Å². The summed E-state index contributed by atoms with van der Waals surface area (Å²) < 4.78 is 10.9. The number of nitro benzene ring substituents is 1. The Bertz CT molecular complexity index is 980. The van der Waals surface area contributed by atoms with Gasteiger partial charge in [-0.05, 0) is 43.0 Å². The van der Waals surface area contributed by atoms with E-state index in [9.17, 15) is 14.9 Å². The predicted molar refractivity (Wildman–Crippen MR) is 105 cm³/mol. The summed E-state index contributed by atoms with van der Waals surface area (Å²) in [4.78, 5) is 22.4. The highest BCUT2D eigenvalue weighted by atomic mass is 16.6. The van der Waals surface area contributed by atoms with Crippen LogP contribution < -0.4 is 0 Å². The number of carbonyl (C=O) groups is 1. The lowest BCUT2D eigenvalue weighted by atomic mass is 10.1. The number of aromatic nitrogens is 2. The number of benzene rings is 2. The molecule has 0 N–H and O–H groups in total. The standard InChI is InChI=1S/C21H21N3O5/c1-3-15-4-6-16(7-5-15)8-13-19(25)28-14(2)20-22-23-21(29-20)17-9-11-18(12-10-17)24(26)27/h4-7,9-12,14H,3,8,13H2,1-2H3/t14-/m1/s1. The average Bonchev–Trinajstić information content (AvgIpc) is 3.23. The quantitative estimate of drug-likeness (QED) is 0.315. The Morgan fingerprint density at radius 2 is 1.76 bits per heavy atom. The van der Waals surface area contributed by atoms with E-state index in [1.807, 2.05) is 12.1 Å². The number of hydrogen-bond donors (Lipinski definition) is 0. The second-order valence-corrected chi connectivity index (χ2v) is 6.55. The van der Waals surface area contributed by atoms with Gasteiger partial charge in [-0.1, -0.05) is 31.2 Å². The molecule has 29 heavy (non-hydrogen) atoms. The second kappa shape index (κ2) is 9.09. The number of carbonyl (C=O) groups excluding carboxylic acids is 1. The zero-order valence-electron chi connectivity index (χ0n) is 16.2. The molecule has 0 unspecified atom stereocenters. The number of esters is 1. The number of non-ortho nitro benzene ring substituents is 1. The van der Waals surface area contributed by atoms with Crippen molar-refractivity contribution in [3.8, 4) is 11.5 Å². The molecule has 1 atom stereocenters. The molecule has 1 heterocycles. The molecule has 0 aliphatic rings. The van der Waals surface area contributed by atoms with Gasteiger partial charge < -0.3 is 9.15 Å². The van der Waals surface area contributed by atoms with E-state index in [2.05, 4.69) is 29.3 Å². The van der Waals surface area contributed by atoms with Crippen molar-refractivity contribution in [3.63, 3.8) is 0 Å². The fraction of sp³-hybridized carbons (Fsp3) is 0.286. The van der Waals surface area contributed by atoms with E-state index in [1.54, 1.807) is 6.92 Å². The smallest absolute Gasteiger partial charge is 0.306 e. The number of hydrogen-bond acceptors (Lipinski definition) is 7. The van der Waals surface area contributed by atoms with Crippen molar-refractivity contribution in [2.45, 2.75) is 39.2 Å². The Balaban J connectivity index is 1.55. The highest BCUT2D eigenvalue weighted by molar-refractivity contribution is 5.70. The van der Waals surface area contributed by atoms with Gasteiger partial charge in [0.05, 0.1) is 4.92 Å². The van der Waals surface area contributed by atoms with Gasteiger partial charge in [-0.3, -0.25) is 14.9 Å². The van der Waals surface area contributed by atoms with Gasteiger partial charge in [0.15, 0.2) is 6.10 Å². The number of rotatable bonds is 8. The Morgan fingerprint density at radius 3 is 2.38 bits per heavy atom. The molecular formula is C21H21N3O5. The molecule has 2 aromatic carbocycles. The van der Waals surface area contributed by atoms with E-state index >= 15 is 0 Å². The summed E-state index contributed by atoms with van der Waals surface area (Å²) >= 11 is 0. The molecule has 0 spiro atoms. The summed E-state index contributed by atoms with van der Waals surface area (Å²) in [5, 5.41) is 18.6. The maximum Gasteiger partial charge on any atom is 0.306 e. The fourth-order valence-corrected chi connectivity index (χ4v) is 2.74. The fourth-order valence-electron chi connectivity index (χ4n) is 2.74. The number of aryl methyl sites for hydroxylation is 2. The molecule has 8 heteroatoms. The minimum Gasteiger partial charge on any atom is -0.453 e. The maximum atomic E-state index is 12.1. The van der Waals surface area contributed by atoms with Gasteiger partial charge in [0.25, 0.3) is 11.6 Å². The largest absolute Gasteiger partial charge is 0.453 e. The van der Waals surface area contributed by atoms with Gasteiger partial charge in [0.1, 0.15) is 0 Å². The topological polar surface area (TPSA) is 108 Å². The normalized spacial score (nSPS) is 11.8.